The van der Waals surface area contributed by atoms with Gasteiger partial charge in [0, 0.05) is 29.6 Å². The summed E-state index contributed by atoms with van der Waals surface area (Å²) < 4.78 is 44.1. The number of alkyl halides is 3. The van der Waals surface area contributed by atoms with Crippen LogP contribution in [-0.2, 0) is 19.6 Å². The lowest BCUT2D eigenvalue weighted by Gasteiger charge is -2.14. The van der Waals surface area contributed by atoms with E-state index in [1.54, 1.807) is 46.0 Å². The smallest absolute Gasteiger partial charge is 0.322 e. The molecule has 0 saturated carbocycles. The number of amides is 1. The summed E-state index contributed by atoms with van der Waals surface area (Å²) >= 11 is 0. The molecule has 0 aliphatic rings. The Kier molecular flexibility index (Phi) is 8.19. The number of carbonyl (C=O) groups is 1. The lowest BCUT2D eigenvalue weighted by Crippen LogP contribution is -2.15. The SMILES string of the molecule is Cc1ccc(C(=O)Nc2cc(CCCCN(C)C)cc(C(F)(F)F)c2)cc1-n1cc(-c2cnn(C)c2C)nn1. The van der Waals surface area contributed by atoms with E-state index in [4.69, 9.17) is 0 Å². The second-order valence-corrected chi connectivity index (χ2v) is 9.95. The molecule has 0 spiro atoms. The third kappa shape index (κ3) is 6.72. The van der Waals surface area contributed by atoms with Gasteiger partial charge in [-0.25, -0.2) is 4.68 Å². The number of nitrogens with one attached hydrogen (secondary N) is 1. The molecule has 0 aliphatic heterocycles. The molecule has 0 radical (unpaired) electrons. The molecule has 39 heavy (non-hydrogen) atoms. The van der Waals surface area contributed by atoms with Gasteiger partial charge in [-0.15, -0.1) is 5.10 Å². The first-order valence-electron chi connectivity index (χ1n) is 12.6. The van der Waals surface area contributed by atoms with Crippen LogP contribution < -0.4 is 5.32 Å². The van der Waals surface area contributed by atoms with Crippen molar-refractivity contribution in [3.63, 3.8) is 0 Å². The quantitative estimate of drug-likeness (QED) is 0.287. The molecule has 1 amide bonds. The third-order valence-corrected chi connectivity index (χ3v) is 6.62. The average Bonchev–Trinajstić information content (AvgIpc) is 3.48. The molecule has 2 aromatic heterocycles. The van der Waals surface area contributed by atoms with Crippen LogP contribution >= 0.6 is 0 Å². The molecular formula is C28H32F3N7O. The Labute approximate surface area is 225 Å². The van der Waals surface area contributed by atoms with Gasteiger partial charge < -0.3 is 10.2 Å². The lowest BCUT2D eigenvalue weighted by molar-refractivity contribution is -0.137. The maximum Gasteiger partial charge on any atom is 0.416 e. The summed E-state index contributed by atoms with van der Waals surface area (Å²) in [5.74, 6) is -0.516. The first-order chi connectivity index (χ1) is 18.4. The number of hydrogen-bond donors (Lipinski definition) is 1. The van der Waals surface area contributed by atoms with E-state index in [-0.39, 0.29) is 11.3 Å². The van der Waals surface area contributed by atoms with Gasteiger partial charge in [-0.1, -0.05) is 11.3 Å². The van der Waals surface area contributed by atoms with Crippen LogP contribution in [0.25, 0.3) is 16.9 Å². The van der Waals surface area contributed by atoms with Crippen LogP contribution in [0.1, 0.15) is 45.6 Å². The summed E-state index contributed by atoms with van der Waals surface area (Å²) in [6, 6.07) is 8.78. The van der Waals surface area contributed by atoms with Crippen molar-refractivity contribution in [3.8, 4) is 16.9 Å². The number of benzene rings is 2. The van der Waals surface area contributed by atoms with Crippen LogP contribution in [0.5, 0.6) is 0 Å². The highest BCUT2D eigenvalue weighted by Gasteiger charge is 2.31. The van der Waals surface area contributed by atoms with Crippen LogP contribution in [0.2, 0.25) is 0 Å². The van der Waals surface area contributed by atoms with Crippen molar-refractivity contribution in [2.45, 2.75) is 39.3 Å². The summed E-state index contributed by atoms with van der Waals surface area (Å²) in [7, 11) is 5.75. The van der Waals surface area contributed by atoms with Crippen LogP contribution in [0, 0.1) is 13.8 Å². The molecule has 0 bridgehead atoms. The minimum Gasteiger partial charge on any atom is -0.322 e. The number of aryl methyl sites for hydroxylation is 3. The highest BCUT2D eigenvalue weighted by molar-refractivity contribution is 6.04. The molecule has 0 saturated heterocycles. The molecule has 206 valence electrons. The van der Waals surface area contributed by atoms with Gasteiger partial charge in [0.1, 0.15) is 5.69 Å². The minimum atomic E-state index is -4.52. The van der Waals surface area contributed by atoms with Gasteiger partial charge in [-0.3, -0.25) is 9.48 Å². The van der Waals surface area contributed by atoms with Gasteiger partial charge in [0.15, 0.2) is 0 Å². The predicted octanol–water partition coefficient (Wildman–Crippen LogP) is 5.44. The predicted molar refractivity (Wildman–Crippen MR) is 144 cm³/mol. The van der Waals surface area contributed by atoms with Gasteiger partial charge in [0.05, 0.1) is 23.6 Å². The fourth-order valence-corrected chi connectivity index (χ4v) is 4.29. The molecule has 8 nitrogen and oxygen atoms in total. The lowest BCUT2D eigenvalue weighted by atomic mass is 10.0. The number of halogens is 3. The van der Waals surface area contributed by atoms with Crippen molar-refractivity contribution in [3.05, 3.63) is 76.7 Å². The maximum atomic E-state index is 13.6. The van der Waals surface area contributed by atoms with Crippen LogP contribution in [0.4, 0.5) is 18.9 Å². The number of anilines is 1. The highest BCUT2D eigenvalue weighted by Crippen LogP contribution is 2.33. The van der Waals surface area contributed by atoms with E-state index in [9.17, 15) is 18.0 Å². The first kappa shape index (κ1) is 28.0. The molecule has 0 fully saturated rings. The van der Waals surface area contributed by atoms with E-state index < -0.39 is 17.6 Å². The summed E-state index contributed by atoms with van der Waals surface area (Å²) in [5, 5.41) is 15.4. The minimum absolute atomic E-state index is 0.106. The van der Waals surface area contributed by atoms with E-state index >= 15 is 0 Å². The second kappa shape index (κ2) is 11.4. The third-order valence-electron chi connectivity index (χ3n) is 6.62. The Morgan fingerprint density at radius 1 is 1.08 bits per heavy atom. The molecule has 4 aromatic rings. The zero-order chi connectivity index (χ0) is 28.3. The van der Waals surface area contributed by atoms with Crippen molar-refractivity contribution < 1.29 is 18.0 Å². The molecule has 0 unspecified atom stereocenters. The van der Waals surface area contributed by atoms with Gasteiger partial charge in [-0.05, 0) is 95.2 Å². The average molecular weight is 540 g/mol. The molecule has 0 atom stereocenters. The van der Waals surface area contributed by atoms with Crippen LogP contribution in [-0.4, -0.2) is 56.2 Å². The highest BCUT2D eigenvalue weighted by atomic mass is 19.4. The molecule has 11 heteroatoms. The largest absolute Gasteiger partial charge is 0.416 e. The molecule has 0 aliphatic carbocycles. The Balaban J connectivity index is 1.56. The van der Waals surface area contributed by atoms with Crippen molar-refractivity contribution in [2.24, 2.45) is 7.05 Å². The van der Waals surface area contributed by atoms with Crippen molar-refractivity contribution in [2.75, 3.05) is 26.0 Å². The van der Waals surface area contributed by atoms with Crippen LogP contribution in [0.15, 0.2) is 48.8 Å². The monoisotopic (exact) mass is 539 g/mol. The number of rotatable bonds is 9. The maximum absolute atomic E-state index is 13.6. The second-order valence-electron chi connectivity index (χ2n) is 9.95. The van der Waals surface area contributed by atoms with Crippen molar-refractivity contribution >= 4 is 11.6 Å². The number of carbonyl (C=O) groups excluding carboxylic acids is 1. The molecule has 1 N–H and O–H groups in total. The standard InChI is InChI=1S/C28H32F3N7O/c1-18-9-10-21(14-26(18)38-17-25(34-35-38)24-16-32-37(5)19(24)2)27(39)33-23-13-20(8-6-7-11-36(3)4)12-22(15-23)28(29,30)31/h9-10,12-17H,6-8,11H2,1-5H3,(H,33,39). The Bertz CT molecular complexity index is 1470. The zero-order valence-corrected chi connectivity index (χ0v) is 22.7. The number of hydrogen-bond acceptors (Lipinski definition) is 5. The fourth-order valence-electron chi connectivity index (χ4n) is 4.29. The number of aromatic nitrogens is 5. The Morgan fingerprint density at radius 2 is 1.85 bits per heavy atom. The zero-order valence-electron chi connectivity index (χ0n) is 22.7. The van der Waals surface area contributed by atoms with Gasteiger partial charge in [-0.2, -0.15) is 18.3 Å². The van der Waals surface area contributed by atoms with E-state index in [1.165, 1.54) is 0 Å². The summed E-state index contributed by atoms with van der Waals surface area (Å²) in [6.45, 7) is 4.66. The van der Waals surface area contributed by atoms with E-state index in [2.05, 4.69) is 20.7 Å². The number of nitrogens with zero attached hydrogens (tertiary/aromatic N) is 6. The van der Waals surface area contributed by atoms with Crippen molar-refractivity contribution in [1.82, 2.24) is 29.7 Å². The molecule has 4 rings (SSSR count). The summed E-state index contributed by atoms with van der Waals surface area (Å²) in [4.78, 5) is 15.2. The van der Waals surface area contributed by atoms with Gasteiger partial charge >= 0.3 is 6.18 Å². The van der Waals surface area contributed by atoms with Crippen LogP contribution in [0.3, 0.4) is 0 Å². The van der Waals surface area contributed by atoms with E-state index in [1.807, 2.05) is 39.9 Å². The fraction of sp³-hybridized carbons (Fsp3) is 0.357. The first-order valence-corrected chi connectivity index (χ1v) is 12.6. The Hall–Kier alpha value is -3.99. The van der Waals surface area contributed by atoms with Crippen molar-refractivity contribution in [1.29, 1.82) is 0 Å². The summed E-state index contributed by atoms with van der Waals surface area (Å²) in [5.41, 5.74) is 4.04. The van der Waals surface area contributed by atoms with Gasteiger partial charge in [0.25, 0.3) is 5.91 Å². The Morgan fingerprint density at radius 3 is 2.51 bits per heavy atom. The molecular weight excluding hydrogens is 507 g/mol. The van der Waals surface area contributed by atoms with Gasteiger partial charge in [0.2, 0.25) is 0 Å². The normalized spacial score (nSPS) is 11.8. The summed E-state index contributed by atoms with van der Waals surface area (Å²) in [6.07, 6.45) is 1.04. The topological polar surface area (TPSA) is 80.9 Å². The molecule has 2 aromatic carbocycles. The van der Waals surface area contributed by atoms with E-state index in [0.717, 1.165) is 48.3 Å². The number of unbranched alkanes of at least 4 members (excludes halogenated alkanes) is 1. The molecule has 2 heterocycles. The van der Waals surface area contributed by atoms with E-state index in [0.29, 0.717) is 23.4 Å².